The quantitative estimate of drug-likeness (QED) is 0.739. The van der Waals surface area contributed by atoms with Crippen LogP contribution in [-0.2, 0) is 4.79 Å². The zero-order valence-corrected chi connectivity index (χ0v) is 10.3. The molecule has 88 valence electrons. The third-order valence-corrected chi connectivity index (χ3v) is 3.07. The molecule has 3 heteroatoms. The number of rotatable bonds is 4. The molecule has 1 rings (SSSR count). The Morgan fingerprint density at radius 3 is 2.53 bits per heavy atom. The molecule has 3 nitrogen and oxygen atoms in total. The van der Waals surface area contributed by atoms with E-state index in [9.17, 15) is 4.79 Å². The molecule has 1 aliphatic rings. The van der Waals surface area contributed by atoms with Crippen LogP contribution in [0.5, 0.6) is 0 Å². The smallest absolute Gasteiger partial charge is 0.224 e. The van der Waals surface area contributed by atoms with Crippen molar-refractivity contribution in [3.63, 3.8) is 0 Å². The van der Waals surface area contributed by atoms with Crippen molar-refractivity contribution in [2.45, 2.75) is 40.2 Å². The zero-order chi connectivity index (χ0) is 11.4. The largest absolute Gasteiger partial charge is 0.353 e. The van der Waals surface area contributed by atoms with Gasteiger partial charge in [0.2, 0.25) is 5.91 Å². The Labute approximate surface area is 93.0 Å². The summed E-state index contributed by atoms with van der Waals surface area (Å²) in [6.07, 6.45) is 1.06. The Hall–Kier alpha value is -0.570. The number of carbonyl (C=O) groups is 1. The molecule has 0 aliphatic carbocycles. The highest BCUT2D eigenvalue weighted by Crippen LogP contribution is 2.16. The lowest BCUT2D eigenvalue weighted by Crippen LogP contribution is -2.40. The SMILES string of the molecule is CC(C)CC(C)NC(=O)C1CNCC1C. The minimum Gasteiger partial charge on any atom is -0.353 e. The van der Waals surface area contributed by atoms with Crippen molar-refractivity contribution in [2.24, 2.45) is 17.8 Å². The van der Waals surface area contributed by atoms with E-state index in [1.54, 1.807) is 0 Å². The lowest BCUT2D eigenvalue weighted by Gasteiger charge is -2.20. The monoisotopic (exact) mass is 212 g/mol. The van der Waals surface area contributed by atoms with Crippen molar-refractivity contribution in [3.8, 4) is 0 Å². The molecule has 0 aromatic heterocycles. The molecule has 0 saturated carbocycles. The normalized spacial score (nSPS) is 28.1. The van der Waals surface area contributed by atoms with Crippen LogP contribution in [-0.4, -0.2) is 25.0 Å². The third-order valence-electron chi connectivity index (χ3n) is 3.07. The Morgan fingerprint density at radius 2 is 2.07 bits per heavy atom. The van der Waals surface area contributed by atoms with E-state index in [1.165, 1.54) is 0 Å². The summed E-state index contributed by atoms with van der Waals surface area (Å²) in [5.41, 5.74) is 0. The van der Waals surface area contributed by atoms with E-state index in [1.807, 2.05) is 0 Å². The van der Waals surface area contributed by atoms with Crippen LogP contribution in [0.15, 0.2) is 0 Å². The summed E-state index contributed by atoms with van der Waals surface area (Å²) in [4.78, 5) is 11.9. The van der Waals surface area contributed by atoms with Gasteiger partial charge in [0, 0.05) is 12.6 Å². The summed E-state index contributed by atoms with van der Waals surface area (Å²) in [5, 5.41) is 6.36. The summed E-state index contributed by atoms with van der Waals surface area (Å²) >= 11 is 0. The van der Waals surface area contributed by atoms with Crippen molar-refractivity contribution in [2.75, 3.05) is 13.1 Å². The lowest BCUT2D eigenvalue weighted by molar-refractivity contribution is -0.126. The molecule has 2 N–H and O–H groups in total. The summed E-state index contributed by atoms with van der Waals surface area (Å²) in [7, 11) is 0. The Bertz CT molecular complexity index is 216. The van der Waals surface area contributed by atoms with Crippen molar-refractivity contribution < 1.29 is 4.79 Å². The number of carbonyl (C=O) groups excluding carboxylic acids is 1. The second-order valence-corrected chi connectivity index (χ2v) is 5.28. The maximum Gasteiger partial charge on any atom is 0.224 e. The standard InChI is InChI=1S/C12H24N2O/c1-8(2)5-10(4)14-12(15)11-7-13-6-9(11)3/h8-11,13H,5-7H2,1-4H3,(H,14,15). The van der Waals surface area contributed by atoms with Crippen LogP contribution in [0.2, 0.25) is 0 Å². The molecule has 3 unspecified atom stereocenters. The van der Waals surface area contributed by atoms with Crippen molar-refractivity contribution in [1.29, 1.82) is 0 Å². The maximum atomic E-state index is 11.9. The maximum absolute atomic E-state index is 11.9. The number of nitrogens with one attached hydrogen (secondary N) is 2. The molecule has 15 heavy (non-hydrogen) atoms. The predicted molar refractivity (Wildman–Crippen MR) is 62.6 cm³/mol. The van der Waals surface area contributed by atoms with Gasteiger partial charge in [-0.2, -0.15) is 0 Å². The molecule has 1 fully saturated rings. The molecular weight excluding hydrogens is 188 g/mol. The van der Waals surface area contributed by atoms with Gasteiger partial charge in [-0.05, 0) is 31.7 Å². The third kappa shape index (κ3) is 3.82. The first kappa shape index (κ1) is 12.5. The molecule has 1 amide bonds. The van der Waals surface area contributed by atoms with Crippen molar-refractivity contribution in [3.05, 3.63) is 0 Å². The highest BCUT2D eigenvalue weighted by atomic mass is 16.2. The van der Waals surface area contributed by atoms with Gasteiger partial charge in [0.1, 0.15) is 0 Å². The fraction of sp³-hybridized carbons (Fsp3) is 0.917. The predicted octanol–water partition coefficient (Wildman–Crippen LogP) is 1.39. The summed E-state index contributed by atoms with van der Waals surface area (Å²) in [6, 6.07) is 0.297. The topological polar surface area (TPSA) is 41.1 Å². The van der Waals surface area contributed by atoms with Crippen LogP contribution in [0, 0.1) is 17.8 Å². The number of hydrogen-bond donors (Lipinski definition) is 2. The van der Waals surface area contributed by atoms with E-state index in [0.717, 1.165) is 19.5 Å². The highest BCUT2D eigenvalue weighted by Gasteiger charge is 2.29. The Morgan fingerprint density at radius 1 is 1.40 bits per heavy atom. The Kier molecular flexibility index (Phi) is 4.58. The molecule has 1 aliphatic heterocycles. The van der Waals surface area contributed by atoms with E-state index >= 15 is 0 Å². The fourth-order valence-electron chi connectivity index (χ4n) is 2.28. The first-order valence-corrected chi connectivity index (χ1v) is 6.01. The van der Waals surface area contributed by atoms with Gasteiger partial charge in [0.25, 0.3) is 0 Å². The van der Waals surface area contributed by atoms with E-state index in [2.05, 4.69) is 38.3 Å². The second-order valence-electron chi connectivity index (χ2n) is 5.28. The second kappa shape index (κ2) is 5.50. The van der Waals surface area contributed by atoms with Crippen LogP contribution >= 0.6 is 0 Å². The number of amides is 1. The molecular formula is C12H24N2O. The molecule has 1 heterocycles. The van der Waals surface area contributed by atoms with E-state index in [4.69, 9.17) is 0 Å². The van der Waals surface area contributed by atoms with Gasteiger partial charge >= 0.3 is 0 Å². The molecule has 1 saturated heterocycles. The van der Waals surface area contributed by atoms with Crippen LogP contribution < -0.4 is 10.6 Å². The zero-order valence-electron chi connectivity index (χ0n) is 10.3. The lowest BCUT2D eigenvalue weighted by atomic mass is 9.96. The first-order chi connectivity index (χ1) is 7.00. The molecule has 0 aromatic carbocycles. The minimum atomic E-state index is 0.166. The molecule has 3 atom stereocenters. The summed E-state index contributed by atoms with van der Waals surface area (Å²) < 4.78 is 0. The van der Waals surface area contributed by atoms with Gasteiger partial charge in [0.05, 0.1) is 5.92 Å². The van der Waals surface area contributed by atoms with E-state index < -0.39 is 0 Å². The van der Waals surface area contributed by atoms with Crippen LogP contribution in [0.1, 0.15) is 34.1 Å². The number of hydrogen-bond acceptors (Lipinski definition) is 2. The van der Waals surface area contributed by atoms with Gasteiger partial charge in [0.15, 0.2) is 0 Å². The van der Waals surface area contributed by atoms with Gasteiger partial charge in [-0.3, -0.25) is 4.79 Å². The van der Waals surface area contributed by atoms with Crippen LogP contribution in [0.25, 0.3) is 0 Å². The first-order valence-electron chi connectivity index (χ1n) is 6.01. The van der Waals surface area contributed by atoms with Crippen molar-refractivity contribution >= 4 is 5.91 Å². The highest BCUT2D eigenvalue weighted by molar-refractivity contribution is 5.79. The van der Waals surface area contributed by atoms with Crippen LogP contribution in [0.4, 0.5) is 0 Å². The Balaban J connectivity index is 2.34. The molecule has 0 aromatic rings. The van der Waals surface area contributed by atoms with Gasteiger partial charge < -0.3 is 10.6 Å². The van der Waals surface area contributed by atoms with Crippen molar-refractivity contribution in [1.82, 2.24) is 10.6 Å². The van der Waals surface area contributed by atoms with E-state index in [0.29, 0.717) is 17.9 Å². The van der Waals surface area contributed by atoms with Gasteiger partial charge in [-0.1, -0.05) is 20.8 Å². The average molecular weight is 212 g/mol. The molecule has 0 spiro atoms. The van der Waals surface area contributed by atoms with Gasteiger partial charge in [-0.25, -0.2) is 0 Å². The molecule has 0 bridgehead atoms. The van der Waals surface area contributed by atoms with E-state index in [-0.39, 0.29) is 11.8 Å². The summed E-state index contributed by atoms with van der Waals surface area (Å²) in [5.74, 6) is 1.50. The minimum absolute atomic E-state index is 0.166. The fourth-order valence-corrected chi connectivity index (χ4v) is 2.28. The van der Waals surface area contributed by atoms with Gasteiger partial charge in [-0.15, -0.1) is 0 Å². The molecule has 0 radical (unpaired) electrons. The summed E-state index contributed by atoms with van der Waals surface area (Å²) in [6.45, 7) is 10.4. The average Bonchev–Trinajstić information content (AvgIpc) is 2.49. The van der Waals surface area contributed by atoms with Crippen LogP contribution in [0.3, 0.4) is 0 Å².